The summed E-state index contributed by atoms with van der Waals surface area (Å²) in [5, 5.41) is 4.05. The number of hydrogen-bond acceptors (Lipinski definition) is 3. The second-order valence-corrected chi connectivity index (χ2v) is 6.71. The van der Waals surface area contributed by atoms with Crippen molar-refractivity contribution in [3.05, 3.63) is 88.1 Å². The van der Waals surface area contributed by atoms with E-state index in [1.54, 1.807) is 0 Å². The Morgan fingerprint density at radius 3 is 2.19 bits per heavy atom. The van der Waals surface area contributed by atoms with Gasteiger partial charge >= 0.3 is 12.4 Å². The van der Waals surface area contributed by atoms with Crippen LogP contribution in [0.3, 0.4) is 0 Å². The minimum absolute atomic E-state index is 0.0331. The van der Waals surface area contributed by atoms with Crippen LogP contribution in [0.5, 0.6) is 0 Å². The summed E-state index contributed by atoms with van der Waals surface area (Å²) in [6.07, 6.45) is -6.64. The zero-order chi connectivity index (χ0) is 22.4. The van der Waals surface area contributed by atoms with E-state index in [0.717, 1.165) is 28.9 Å². The van der Waals surface area contributed by atoms with E-state index < -0.39 is 29.0 Å². The molecule has 0 bridgehead atoms. The Bertz CT molecular complexity index is 1300. The normalized spacial score (nSPS) is 12.5. The molecule has 4 rings (SSSR count). The minimum Gasteiger partial charge on any atom is -0.294 e. The first kappa shape index (κ1) is 20.6. The number of benzene rings is 2. The van der Waals surface area contributed by atoms with Gasteiger partial charge in [-0.15, -0.1) is 0 Å². The number of hydrogen-bond donors (Lipinski definition) is 0. The van der Waals surface area contributed by atoms with Crippen LogP contribution >= 0.6 is 0 Å². The van der Waals surface area contributed by atoms with Crippen LogP contribution in [0.2, 0.25) is 0 Å². The van der Waals surface area contributed by atoms with Gasteiger partial charge in [0.2, 0.25) is 0 Å². The van der Waals surface area contributed by atoms with Crippen molar-refractivity contribution in [1.29, 1.82) is 0 Å². The molecule has 0 atom stereocenters. The first-order chi connectivity index (χ1) is 14.5. The standard InChI is InChI=1S/C20H12F6N4O/c21-19(22,23)13-6-4-12(5-7-13)10-29-11-27-17-16(18(29)31)9-28-30(17)15-3-1-2-14(8-15)20(24,25)26/h1-9,11H,10H2. The average molecular weight is 438 g/mol. The minimum atomic E-state index is -4.54. The average Bonchev–Trinajstić information content (AvgIpc) is 3.14. The van der Waals surface area contributed by atoms with Crippen molar-refractivity contribution in [3.63, 3.8) is 0 Å². The molecule has 0 amide bonds. The molecule has 160 valence electrons. The van der Waals surface area contributed by atoms with Gasteiger partial charge < -0.3 is 0 Å². The van der Waals surface area contributed by atoms with E-state index in [1.165, 1.54) is 41.4 Å². The van der Waals surface area contributed by atoms with Crippen molar-refractivity contribution >= 4 is 11.0 Å². The lowest BCUT2D eigenvalue weighted by atomic mass is 10.1. The number of alkyl halides is 6. The molecule has 0 aliphatic heterocycles. The van der Waals surface area contributed by atoms with E-state index in [9.17, 15) is 31.1 Å². The molecule has 2 aromatic heterocycles. The maximum absolute atomic E-state index is 13.0. The van der Waals surface area contributed by atoms with Crippen LogP contribution in [-0.2, 0) is 18.9 Å². The molecule has 2 aromatic carbocycles. The van der Waals surface area contributed by atoms with Gasteiger partial charge in [0.05, 0.1) is 29.6 Å². The number of halogens is 6. The van der Waals surface area contributed by atoms with E-state index in [0.29, 0.717) is 5.56 Å². The molecule has 31 heavy (non-hydrogen) atoms. The van der Waals surface area contributed by atoms with Crippen molar-refractivity contribution in [2.24, 2.45) is 0 Å². The number of nitrogens with zero attached hydrogens (tertiary/aromatic N) is 4. The van der Waals surface area contributed by atoms with E-state index in [-0.39, 0.29) is 23.3 Å². The van der Waals surface area contributed by atoms with Crippen LogP contribution < -0.4 is 5.56 Å². The van der Waals surface area contributed by atoms with Crippen LogP contribution in [-0.4, -0.2) is 19.3 Å². The number of aromatic nitrogens is 4. The van der Waals surface area contributed by atoms with Gasteiger partial charge in [-0.2, -0.15) is 31.4 Å². The van der Waals surface area contributed by atoms with Crippen LogP contribution in [0.1, 0.15) is 16.7 Å². The SMILES string of the molecule is O=c1c2cnn(-c3cccc(C(F)(F)F)c3)c2ncn1Cc1ccc(C(F)(F)F)cc1. The van der Waals surface area contributed by atoms with Crippen LogP contribution in [0, 0.1) is 0 Å². The molecular weight excluding hydrogens is 426 g/mol. The van der Waals surface area contributed by atoms with Gasteiger partial charge in [0, 0.05) is 0 Å². The third-order valence-corrected chi connectivity index (χ3v) is 4.61. The molecule has 0 aliphatic carbocycles. The monoisotopic (exact) mass is 438 g/mol. The second-order valence-electron chi connectivity index (χ2n) is 6.71. The van der Waals surface area contributed by atoms with E-state index >= 15 is 0 Å². The molecule has 0 aliphatic rings. The van der Waals surface area contributed by atoms with Crippen LogP contribution in [0.25, 0.3) is 16.7 Å². The molecule has 0 spiro atoms. The Morgan fingerprint density at radius 1 is 0.871 bits per heavy atom. The fraction of sp³-hybridized carbons (Fsp3) is 0.150. The first-order valence-electron chi connectivity index (χ1n) is 8.81. The zero-order valence-corrected chi connectivity index (χ0v) is 15.4. The Balaban J connectivity index is 1.68. The Labute approximate surface area is 170 Å². The first-order valence-corrected chi connectivity index (χ1v) is 8.81. The maximum atomic E-state index is 13.0. The van der Waals surface area contributed by atoms with Crippen molar-refractivity contribution in [2.45, 2.75) is 18.9 Å². The lowest BCUT2D eigenvalue weighted by Gasteiger charge is -2.10. The molecule has 0 saturated heterocycles. The Hall–Kier alpha value is -3.63. The summed E-state index contributed by atoms with van der Waals surface area (Å²) in [6.45, 7) is -0.0331. The van der Waals surface area contributed by atoms with Gasteiger partial charge in [-0.05, 0) is 35.9 Å². The highest BCUT2D eigenvalue weighted by Crippen LogP contribution is 2.31. The molecule has 2 heterocycles. The smallest absolute Gasteiger partial charge is 0.294 e. The summed E-state index contributed by atoms with van der Waals surface area (Å²) in [6, 6.07) is 8.77. The summed E-state index contributed by atoms with van der Waals surface area (Å²) < 4.78 is 79.3. The van der Waals surface area contributed by atoms with Gasteiger partial charge in [0.1, 0.15) is 11.7 Å². The summed E-state index contributed by atoms with van der Waals surface area (Å²) in [7, 11) is 0. The summed E-state index contributed by atoms with van der Waals surface area (Å²) >= 11 is 0. The molecule has 0 saturated carbocycles. The molecule has 5 nitrogen and oxygen atoms in total. The summed E-state index contributed by atoms with van der Waals surface area (Å²) in [5.41, 5.74) is -1.61. The largest absolute Gasteiger partial charge is 0.416 e. The van der Waals surface area contributed by atoms with Crippen LogP contribution in [0.4, 0.5) is 26.3 Å². The van der Waals surface area contributed by atoms with Gasteiger partial charge in [0.15, 0.2) is 5.65 Å². The van der Waals surface area contributed by atoms with Crippen molar-refractivity contribution in [3.8, 4) is 5.69 Å². The van der Waals surface area contributed by atoms with Gasteiger partial charge in [-0.3, -0.25) is 9.36 Å². The highest BCUT2D eigenvalue weighted by molar-refractivity contribution is 5.75. The maximum Gasteiger partial charge on any atom is 0.416 e. The fourth-order valence-electron chi connectivity index (χ4n) is 3.06. The van der Waals surface area contributed by atoms with Gasteiger partial charge in [-0.1, -0.05) is 18.2 Å². The van der Waals surface area contributed by atoms with E-state index in [1.807, 2.05) is 0 Å². The Kier molecular flexibility index (Phi) is 4.83. The van der Waals surface area contributed by atoms with Gasteiger partial charge in [-0.25, -0.2) is 9.67 Å². The topological polar surface area (TPSA) is 52.7 Å². The Morgan fingerprint density at radius 2 is 1.55 bits per heavy atom. The number of fused-ring (bicyclic) bond motifs is 1. The summed E-state index contributed by atoms with van der Waals surface area (Å²) in [4.78, 5) is 16.9. The highest BCUT2D eigenvalue weighted by Gasteiger charge is 2.31. The molecular formula is C20H12F6N4O. The predicted molar refractivity (Wildman–Crippen MR) is 98.7 cm³/mol. The van der Waals surface area contributed by atoms with Crippen LogP contribution in [0.15, 0.2) is 65.8 Å². The van der Waals surface area contributed by atoms with Crippen molar-refractivity contribution < 1.29 is 26.3 Å². The molecule has 4 aromatic rings. The molecule has 0 fully saturated rings. The predicted octanol–water partition coefficient (Wildman–Crippen LogP) is 4.67. The molecule has 0 unspecified atom stereocenters. The summed E-state index contributed by atoms with van der Waals surface area (Å²) in [5.74, 6) is 0. The third kappa shape index (κ3) is 4.03. The van der Waals surface area contributed by atoms with Gasteiger partial charge in [0.25, 0.3) is 5.56 Å². The third-order valence-electron chi connectivity index (χ3n) is 4.61. The quantitative estimate of drug-likeness (QED) is 0.437. The molecule has 0 N–H and O–H groups in total. The fourth-order valence-corrected chi connectivity index (χ4v) is 3.06. The second kappa shape index (κ2) is 7.25. The highest BCUT2D eigenvalue weighted by atomic mass is 19.4. The molecule has 11 heteroatoms. The zero-order valence-electron chi connectivity index (χ0n) is 15.4. The number of rotatable bonds is 3. The lowest BCUT2D eigenvalue weighted by molar-refractivity contribution is -0.138. The van der Waals surface area contributed by atoms with Crippen molar-refractivity contribution in [1.82, 2.24) is 19.3 Å². The molecule has 0 radical (unpaired) electrons. The lowest BCUT2D eigenvalue weighted by Crippen LogP contribution is -2.21. The van der Waals surface area contributed by atoms with Crippen molar-refractivity contribution in [2.75, 3.05) is 0 Å². The van der Waals surface area contributed by atoms with E-state index in [4.69, 9.17) is 0 Å². The van der Waals surface area contributed by atoms with E-state index in [2.05, 4.69) is 10.1 Å².